The van der Waals surface area contributed by atoms with Crippen molar-refractivity contribution < 1.29 is 22.5 Å². The second-order valence-electron chi connectivity index (χ2n) is 7.40. The number of benzene rings is 2. The Balaban J connectivity index is 2.02. The van der Waals surface area contributed by atoms with Crippen molar-refractivity contribution in [3.05, 3.63) is 68.8 Å². The van der Waals surface area contributed by atoms with Gasteiger partial charge in [-0.2, -0.15) is 0 Å². The third-order valence-corrected chi connectivity index (χ3v) is 5.76. The van der Waals surface area contributed by atoms with Gasteiger partial charge in [0.15, 0.2) is 17.0 Å². The number of ether oxygens (including phenoxy) is 1. The number of hydrogen-bond donors (Lipinski definition) is 2. The molecule has 1 aromatic heterocycles. The Morgan fingerprint density at radius 3 is 2.62 bits per heavy atom. The summed E-state index contributed by atoms with van der Waals surface area (Å²) in [6.45, 7) is 3.54. The van der Waals surface area contributed by atoms with Crippen LogP contribution < -0.4 is 19.8 Å². The zero-order valence-electron chi connectivity index (χ0n) is 18.4. The molecule has 0 aliphatic carbocycles. The first-order valence-electron chi connectivity index (χ1n) is 9.71. The lowest BCUT2D eigenvalue weighted by Gasteiger charge is -2.14. The van der Waals surface area contributed by atoms with Crippen molar-refractivity contribution in [3.8, 4) is 5.75 Å². The molecule has 3 rings (SSSR count). The average molecular weight is 462 g/mol. The van der Waals surface area contributed by atoms with Gasteiger partial charge in [0.25, 0.3) is 0 Å². The first-order chi connectivity index (χ1) is 15.1. The lowest BCUT2D eigenvalue weighted by molar-refractivity contribution is 0.171. The Hall–Kier alpha value is -3.24. The minimum absolute atomic E-state index is 0.00589. The molecular weight excluding hydrogens is 437 g/mol. The fourth-order valence-electron chi connectivity index (χ4n) is 3.16. The predicted octanol–water partition coefficient (Wildman–Crippen LogP) is 3.41. The van der Waals surface area contributed by atoms with Gasteiger partial charge < -0.3 is 14.1 Å². The smallest absolute Gasteiger partial charge is 0.414 e. The first kappa shape index (κ1) is 23.4. The molecule has 10 heteroatoms. The van der Waals surface area contributed by atoms with E-state index in [0.29, 0.717) is 22.1 Å². The minimum Gasteiger partial charge on any atom is -0.422 e. The summed E-state index contributed by atoms with van der Waals surface area (Å²) < 4.78 is 42.4. The van der Waals surface area contributed by atoms with Gasteiger partial charge in [-0.3, -0.25) is 4.72 Å². The molecule has 0 fully saturated rings. The molecule has 3 aromatic rings. The number of aryl methyl sites for hydroxylation is 2. The highest BCUT2D eigenvalue weighted by molar-refractivity contribution is 7.84. The van der Waals surface area contributed by atoms with E-state index in [1.807, 2.05) is 0 Å². The molecule has 0 saturated carbocycles. The average Bonchev–Trinajstić information content (AvgIpc) is 2.74. The third kappa shape index (κ3) is 4.81. The number of carbonyl (C=O) groups is 1. The number of hydrogen-bond acceptors (Lipinski definition) is 5. The maximum Gasteiger partial charge on any atom is 0.414 e. The number of halogens is 1. The summed E-state index contributed by atoms with van der Waals surface area (Å²) in [6, 6.07) is 7.90. The first-order valence-corrected chi connectivity index (χ1v) is 10.9. The van der Waals surface area contributed by atoms with Crippen LogP contribution in [0.1, 0.15) is 22.3 Å². The van der Waals surface area contributed by atoms with Crippen molar-refractivity contribution in [2.75, 3.05) is 25.9 Å². The van der Waals surface area contributed by atoms with E-state index in [2.05, 4.69) is 9.44 Å². The molecule has 32 heavy (non-hydrogen) atoms. The van der Waals surface area contributed by atoms with Gasteiger partial charge in [0.1, 0.15) is 11.3 Å². The van der Waals surface area contributed by atoms with E-state index >= 15 is 0 Å². The molecule has 0 spiro atoms. The van der Waals surface area contributed by atoms with Crippen molar-refractivity contribution >= 4 is 33.9 Å². The van der Waals surface area contributed by atoms with E-state index in [1.165, 1.54) is 24.1 Å². The van der Waals surface area contributed by atoms with Crippen LogP contribution in [-0.4, -0.2) is 36.3 Å². The highest BCUT2D eigenvalue weighted by Gasteiger charge is 2.18. The summed E-state index contributed by atoms with van der Waals surface area (Å²) in [7, 11) is 4.61. The molecule has 1 atom stereocenters. The number of carbonyl (C=O) groups excluding carboxylic acids is 1. The van der Waals surface area contributed by atoms with Gasteiger partial charge in [-0.05, 0) is 49.7 Å². The Kier molecular flexibility index (Phi) is 6.95. The van der Waals surface area contributed by atoms with Crippen LogP contribution in [0, 0.1) is 19.7 Å². The molecule has 2 N–H and O–H groups in total. The van der Waals surface area contributed by atoms with Crippen LogP contribution in [0.5, 0.6) is 5.75 Å². The highest BCUT2D eigenvalue weighted by atomic mass is 32.2. The molecule has 8 nitrogen and oxygen atoms in total. The highest BCUT2D eigenvalue weighted by Crippen LogP contribution is 2.29. The molecule has 0 bridgehead atoms. The van der Waals surface area contributed by atoms with Crippen molar-refractivity contribution in [1.29, 1.82) is 0 Å². The zero-order chi connectivity index (χ0) is 23.6. The van der Waals surface area contributed by atoms with Crippen molar-refractivity contribution in [1.82, 2.24) is 9.62 Å². The van der Waals surface area contributed by atoms with Gasteiger partial charge in [0.2, 0.25) is 0 Å². The Morgan fingerprint density at radius 2 is 1.97 bits per heavy atom. The third-order valence-electron chi connectivity index (χ3n) is 4.98. The molecule has 0 aliphatic heterocycles. The monoisotopic (exact) mass is 461 g/mol. The van der Waals surface area contributed by atoms with E-state index in [-0.39, 0.29) is 29.0 Å². The quantitative estimate of drug-likeness (QED) is 0.548. The summed E-state index contributed by atoms with van der Waals surface area (Å²) >= 11 is -1.64. The second-order valence-corrected chi connectivity index (χ2v) is 8.55. The van der Waals surface area contributed by atoms with Gasteiger partial charge in [-0.1, -0.05) is 12.1 Å². The van der Waals surface area contributed by atoms with E-state index in [1.54, 1.807) is 46.1 Å². The topological polar surface area (TPSA) is 101 Å². The molecule has 1 unspecified atom stereocenters. The molecule has 2 aromatic carbocycles. The van der Waals surface area contributed by atoms with Crippen molar-refractivity contribution in [2.45, 2.75) is 20.3 Å². The lowest BCUT2D eigenvalue weighted by Crippen LogP contribution is -2.25. The molecule has 0 radical (unpaired) electrons. The minimum atomic E-state index is -1.64. The Morgan fingerprint density at radius 1 is 1.25 bits per heavy atom. The second kappa shape index (κ2) is 9.49. The van der Waals surface area contributed by atoms with Crippen molar-refractivity contribution in [3.63, 3.8) is 0 Å². The van der Waals surface area contributed by atoms with Crippen molar-refractivity contribution in [2.24, 2.45) is 0 Å². The number of nitrogens with zero attached hydrogens (tertiary/aromatic N) is 1. The largest absolute Gasteiger partial charge is 0.422 e. The number of rotatable bonds is 6. The van der Waals surface area contributed by atoms with Crippen LogP contribution in [0.15, 0.2) is 39.5 Å². The molecule has 0 aliphatic rings. The van der Waals surface area contributed by atoms with Gasteiger partial charge >= 0.3 is 11.7 Å². The molecule has 170 valence electrons. The van der Waals surface area contributed by atoms with E-state index in [9.17, 15) is 18.2 Å². The Labute approximate surface area is 187 Å². The number of amides is 1. The SMILES string of the molecule is CNS(=O)Nc1cccc(Cc2c(C)c3cc(C)c(OC(=O)N(C)C)cc3oc2=O)c1F. The summed E-state index contributed by atoms with van der Waals surface area (Å²) in [5.74, 6) is -0.314. The van der Waals surface area contributed by atoms with Crippen LogP contribution in [0.2, 0.25) is 0 Å². The van der Waals surface area contributed by atoms with Gasteiger partial charge in [-0.25, -0.2) is 22.9 Å². The van der Waals surface area contributed by atoms with Crippen LogP contribution in [0.4, 0.5) is 14.9 Å². The maximum absolute atomic E-state index is 14.9. The van der Waals surface area contributed by atoms with Gasteiger partial charge in [0, 0.05) is 37.5 Å². The van der Waals surface area contributed by atoms with E-state index < -0.39 is 28.7 Å². The summed E-state index contributed by atoms with van der Waals surface area (Å²) in [5, 5.41) is 0.660. The van der Waals surface area contributed by atoms with Crippen LogP contribution >= 0.6 is 0 Å². The maximum atomic E-state index is 14.9. The number of anilines is 1. The Bertz CT molecular complexity index is 1270. The van der Waals surface area contributed by atoms with Gasteiger partial charge in [-0.15, -0.1) is 0 Å². The molecule has 1 amide bonds. The van der Waals surface area contributed by atoms with Gasteiger partial charge in [0.05, 0.1) is 5.69 Å². The lowest BCUT2D eigenvalue weighted by atomic mass is 9.98. The molecular formula is C22H24FN3O5S. The molecule has 0 saturated heterocycles. The van der Waals surface area contributed by atoms with Crippen LogP contribution in [0.3, 0.4) is 0 Å². The normalized spacial score (nSPS) is 11.9. The fourth-order valence-corrected chi connectivity index (χ4v) is 3.62. The summed E-state index contributed by atoms with van der Waals surface area (Å²) in [4.78, 5) is 25.9. The standard InChI is InChI=1S/C22H24FN3O5S/c1-12-9-15-13(2)16(10-14-7-6-8-17(20(14)23)25-32(29)24-3)21(27)30-19(15)11-18(12)31-22(28)26(4)5/h6-9,11,24-25H,10H2,1-5H3. The summed E-state index contributed by atoms with van der Waals surface area (Å²) in [6.07, 6.45) is -0.556. The molecule has 1 heterocycles. The van der Waals surface area contributed by atoms with E-state index in [4.69, 9.17) is 9.15 Å². The zero-order valence-corrected chi connectivity index (χ0v) is 19.2. The van der Waals surface area contributed by atoms with E-state index in [0.717, 1.165) is 0 Å². The number of fused-ring (bicyclic) bond motifs is 1. The fraction of sp³-hybridized carbons (Fsp3) is 0.273. The predicted molar refractivity (Wildman–Crippen MR) is 122 cm³/mol. The number of nitrogens with one attached hydrogen (secondary N) is 2. The van der Waals surface area contributed by atoms with Crippen LogP contribution in [0.25, 0.3) is 11.0 Å². The summed E-state index contributed by atoms with van der Waals surface area (Å²) in [5.41, 5.74) is 1.60. The van der Waals surface area contributed by atoms with Crippen LogP contribution in [-0.2, 0) is 17.6 Å².